The van der Waals surface area contributed by atoms with E-state index in [4.69, 9.17) is 11.6 Å². The molecule has 20 heavy (non-hydrogen) atoms. The van der Waals surface area contributed by atoms with Gasteiger partial charge in [-0.15, -0.1) is 0 Å². The monoisotopic (exact) mass is 300 g/mol. The van der Waals surface area contributed by atoms with Crippen LogP contribution in [-0.4, -0.2) is 11.5 Å². The first-order chi connectivity index (χ1) is 9.52. The van der Waals surface area contributed by atoms with E-state index in [0.29, 0.717) is 12.1 Å². The number of benzene rings is 1. The van der Waals surface area contributed by atoms with Gasteiger partial charge in [-0.25, -0.2) is 13.2 Å². The van der Waals surface area contributed by atoms with Gasteiger partial charge in [-0.05, 0) is 30.3 Å². The molecule has 2 aromatic rings. The lowest BCUT2D eigenvalue weighted by Crippen LogP contribution is -2.23. The fraction of sp³-hybridized carbons (Fsp3) is 0.214. The third kappa shape index (κ3) is 3.11. The number of rotatable bonds is 4. The van der Waals surface area contributed by atoms with Crippen molar-refractivity contribution in [3.63, 3.8) is 0 Å². The fourth-order valence-corrected chi connectivity index (χ4v) is 2.11. The topological polar surface area (TPSA) is 24.9 Å². The molecule has 0 fully saturated rings. The van der Waals surface area contributed by atoms with Crippen LogP contribution in [0.25, 0.3) is 0 Å². The maximum Gasteiger partial charge on any atom is 0.142 e. The van der Waals surface area contributed by atoms with Crippen molar-refractivity contribution in [2.75, 3.05) is 6.54 Å². The van der Waals surface area contributed by atoms with Gasteiger partial charge in [0.25, 0.3) is 0 Å². The zero-order chi connectivity index (χ0) is 14.7. The van der Waals surface area contributed by atoms with Gasteiger partial charge < -0.3 is 5.32 Å². The Balaban J connectivity index is 2.51. The molecule has 0 bridgehead atoms. The molecule has 0 amide bonds. The van der Waals surface area contributed by atoms with E-state index in [1.807, 2.05) is 6.92 Å². The summed E-state index contributed by atoms with van der Waals surface area (Å²) in [5.41, 5.74) is 0.466. The lowest BCUT2D eigenvalue weighted by atomic mass is 9.99. The van der Waals surface area contributed by atoms with Crippen LogP contribution in [0.2, 0.25) is 5.02 Å². The van der Waals surface area contributed by atoms with Crippen molar-refractivity contribution >= 4 is 11.6 Å². The Morgan fingerprint density at radius 3 is 2.55 bits per heavy atom. The Bertz CT molecular complexity index is 619. The normalized spacial score (nSPS) is 12.4. The number of hydrogen-bond donors (Lipinski definition) is 1. The maximum absolute atomic E-state index is 14.0. The smallest absolute Gasteiger partial charge is 0.142 e. The van der Waals surface area contributed by atoms with Gasteiger partial charge in [-0.2, -0.15) is 0 Å². The second kappa shape index (κ2) is 6.24. The van der Waals surface area contributed by atoms with Crippen LogP contribution in [0.1, 0.15) is 24.1 Å². The van der Waals surface area contributed by atoms with Gasteiger partial charge in [-0.3, -0.25) is 4.98 Å². The molecule has 0 saturated heterocycles. The van der Waals surface area contributed by atoms with Gasteiger partial charge in [-0.1, -0.05) is 18.5 Å². The van der Waals surface area contributed by atoms with Crippen LogP contribution in [0.3, 0.4) is 0 Å². The second-order valence-corrected chi connectivity index (χ2v) is 4.62. The molecule has 1 heterocycles. The first-order valence-corrected chi connectivity index (χ1v) is 6.39. The predicted octanol–water partition coefficient (Wildman–Crippen LogP) is 3.85. The van der Waals surface area contributed by atoms with Gasteiger partial charge in [0.05, 0.1) is 17.3 Å². The molecule has 1 N–H and O–H groups in total. The summed E-state index contributed by atoms with van der Waals surface area (Å²) < 4.78 is 40.8. The second-order valence-electron chi connectivity index (χ2n) is 4.22. The first kappa shape index (κ1) is 14.8. The molecule has 0 spiro atoms. The van der Waals surface area contributed by atoms with Gasteiger partial charge in [0.2, 0.25) is 0 Å². The zero-order valence-corrected chi connectivity index (χ0v) is 11.4. The third-order valence-corrected chi connectivity index (χ3v) is 3.11. The maximum atomic E-state index is 14.0. The summed E-state index contributed by atoms with van der Waals surface area (Å²) in [6.07, 6.45) is 2.45. The van der Waals surface area contributed by atoms with Crippen molar-refractivity contribution in [1.29, 1.82) is 0 Å². The minimum Gasteiger partial charge on any atom is -0.306 e. The van der Waals surface area contributed by atoms with Crippen LogP contribution in [-0.2, 0) is 0 Å². The Hall–Kier alpha value is -1.59. The molecule has 0 aliphatic rings. The molecule has 0 radical (unpaired) electrons. The Morgan fingerprint density at radius 1 is 1.15 bits per heavy atom. The highest BCUT2D eigenvalue weighted by Crippen LogP contribution is 2.28. The van der Waals surface area contributed by atoms with E-state index in [1.165, 1.54) is 12.3 Å². The molecule has 1 atom stereocenters. The summed E-state index contributed by atoms with van der Waals surface area (Å²) in [7, 11) is 0. The number of halogens is 4. The molecule has 106 valence electrons. The lowest BCUT2D eigenvalue weighted by Gasteiger charge is -2.19. The molecule has 6 heteroatoms. The molecule has 2 rings (SSSR count). The Morgan fingerprint density at radius 2 is 1.90 bits per heavy atom. The van der Waals surface area contributed by atoms with Gasteiger partial charge >= 0.3 is 0 Å². The van der Waals surface area contributed by atoms with Crippen LogP contribution < -0.4 is 5.32 Å². The number of aromatic nitrogens is 1. The van der Waals surface area contributed by atoms with E-state index in [1.54, 1.807) is 0 Å². The summed E-state index contributed by atoms with van der Waals surface area (Å²) in [6, 6.07) is 2.45. The van der Waals surface area contributed by atoms with Crippen molar-refractivity contribution in [1.82, 2.24) is 10.3 Å². The zero-order valence-electron chi connectivity index (χ0n) is 10.6. The molecule has 0 saturated carbocycles. The summed E-state index contributed by atoms with van der Waals surface area (Å²) in [6.45, 7) is 2.30. The molecular weight excluding hydrogens is 289 g/mol. The summed E-state index contributed by atoms with van der Waals surface area (Å²) in [5, 5.41) is 2.68. The summed E-state index contributed by atoms with van der Waals surface area (Å²) in [4.78, 5) is 3.73. The van der Waals surface area contributed by atoms with Crippen molar-refractivity contribution in [3.05, 3.63) is 64.2 Å². The molecule has 1 aromatic heterocycles. The Labute approximate surface area is 119 Å². The van der Waals surface area contributed by atoms with Gasteiger partial charge in [0, 0.05) is 11.8 Å². The fourth-order valence-electron chi connectivity index (χ4n) is 1.96. The van der Waals surface area contributed by atoms with Crippen LogP contribution in [0.15, 0.2) is 30.6 Å². The van der Waals surface area contributed by atoms with Crippen LogP contribution in [0, 0.1) is 17.5 Å². The highest BCUT2D eigenvalue weighted by atomic mass is 35.5. The van der Waals surface area contributed by atoms with E-state index in [0.717, 1.165) is 18.3 Å². The molecule has 1 aromatic carbocycles. The van der Waals surface area contributed by atoms with E-state index in [-0.39, 0.29) is 10.6 Å². The summed E-state index contributed by atoms with van der Waals surface area (Å²) in [5.74, 6) is -1.93. The van der Waals surface area contributed by atoms with E-state index >= 15 is 0 Å². The largest absolute Gasteiger partial charge is 0.306 e. The predicted molar refractivity (Wildman–Crippen MR) is 71.1 cm³/mol. The third-order valence-electron chi connectivity index (χ3n) is 2.82. The van der Waals surface area contributed by atoms with Gasteiger partial charge in [0.15, 0.2) is 0 Å². The number of nitrogens with zero attached hydrogens (tertiary/aromatic N) is 1. The van der Waals surface area contributed by atoms with Crippen molar-refractivity contribution in [3.8, 4) is 0 Å². The molecule has 0 aliphatic carbocycles. The van der Waals surface area contributed by atoms with Crippen molar-refractivity contribution < 1.29 is 13.2 Å². The molecule has 1 unspecified atom stereocenters. The highest BCUT2D eigenvalue weighted by Gasteiger charge is 2.20. The van der Waals surface area contributed by atoms with Crippen molar-refractivity contribution in [2.24, 2.45) is 0 Å². The van der Waals surface area contributed by atoms with E-state index < -0.39 is 23.5 Å². The molecule has 0 aliphatic heterocycles. The number of pyridine rings is 1. The highest BCUT2D eigenvalue weighted by molar-refractivity contribution is 6.30. The van der Waals surface area contributed by atoms with Crippen LogP contribution >= 0.6 is 11.6 Å². The standard InChI is InChI=1S/C14H12ClF3N2/c1-2-20-14(8-3-9(16)7-19-6-8)10-4-13(18)11(15)5-12(10)17/h3-7,14,20H,2H2,1H3. The average molecular weight is 301 g/mol. The van der Waals surface area contributed by atoms with Gasteiger partial charge in [0.1, 0.15) is 17.5 Å². The lowest BCUT2D eigenvalue weighted by molar-refractivity contribution is 0.540. The van der Waals surface area contributed by atoms with Crippen LogP contribution in [0.5, 0.6) is 0 Å². The SMILES string of the molecule is CCNC(c1cncc(F)c1)c1cc(F)c(Cl)cc1F. The molecular formula is C14H12ClF3N2. The van der Waals surface area contributed by atoms with Crippen LogP contribution in [0.4, 0.5) is 13.2 Å². The number of hydrogen-bond acceptors (Lipinski definition) is 2. The first-order valence-electron chi connectivity index (χ1n) is 6.01. The number of nitrogens with one attached hydrogen (secondary N) is 1. The van der Waals surface area contributed by atoms with E-state index in [9.17, 15) is 13.2 Å². The quantitative estimate of drug-likeness (QED) is 0.868. The van der Waals surface area contributed by atoms with E-state index in [2.05, 4.69) is 10.3 Å². The molecule has 2 nitrogen and oxygen atoms in total. The Kier molecular flexibility index (Phi) is 4.62. The average Bonchev–Trinajstić information content (AvgIpc) is 2.40. The minimum absolute atomic E-state index is 0.0566. The summed E-state index contributed by atoms with van der Waals surface area (Å²) >= 11 is 5.53. The van der Waals surface area contributed by atoms with Crippen molar-refractivity contribution in [2.45, 2.75) is 13.0 Å². The minimum atomic E-state index is -0.727.